The average molecular weight is 358 g/mol. The van der Waals surface area contributed by atoms with Crippen molar-refractivity contribution in [3.63, 3.8) is 0 Å². The first-order valence-corrected chi connectivity index (χ1v) is 8.86. The van der Waals surface area contributed by atoms with E-state index in [0.29, 0.717) is 17.3 Å². The fourth-order valence-corrected chi connectivity index (χ4v) is 3.20. The molecule has 5 nitrogen and oxygen atoms in total. The van der Waals surface area contributed by atoms with Crippen LogP contribution in [0.3, 0.4) is 0 Å². The zero-order chi connectivity index (χ0) is 17.9. The van der Waals surface area contributed by atoms with Gasteiger partial charge in [0.2, 0.25) is 5.89 Å². The van der Waals surface area contributed by atoms with Crippen molar-refractivity contribution >= 4 is 28.5 Å². The van der Waals surface area contributed by atoms with Crippen LogP contribution in [0.15, 0.2) is 64.0 Å². The summed E-state index contributed by atoms with van der Waals surface area (Å²) in [6.45, 7) is 9.38. The van der Waals surface area contributed by atoms with Gasteiger partial charge >= 0.3 is 0 Å². The number of nitrogens with one attached hydrogen (secondary N) is 1. The molecule has 3 heterocycles. The molecule has 0 spiro atoms. The first-order valence-electron chi connectivity index (χ1n) is 7.92. The molecule has 1 N–H and O–H groups in total. The summed E-state index contributed by atoms with van der Waals surface area (Å²) in [6.07, 6.45) is 3.44. The number of aromatic nitrogens is 2. The molecule has 0 amide bonds. The van der Waals surface area contributed by atoms with Crippen molar-refractivity contribution in [2.24, 2.45) is 0 Å². The summed E-state index contributed by atoms with van der Waals surface area (Å²) in [7, 11) is 0. The third-order valence-electron chi connectivity index (χ3n) is 3.79. The molecule has 0 aliphatic carbocycles. The lowest BCUT2D eigenvalue weighted by molar-refractivity contribution is 0.589. The van der Waals surface area contributed by atoms with E-state index >= 15 is 0 Å². The van der Waals surface area contributed by atoms with Gasteiger partial charge in [-0.1, -0.05) is 0 Å². The number of nitrogens with zero attached hydrogens (tertiary/aromatic N) is 3. The van der Waals surface area contributed by atoms with Gasteiger partial charge in [0, 0.05) is 28.4 Å². The van der Waals surface area contributed by atoms with Crippen LogP contribution in [0.2, 0.25) is 0 Å². The number of oxazole rings is 1. The number of thiophene rings is 1. The lowest BCUT2D eigenvalue weighted by Gasteiger charge is -2.08. The Kier molecular flexibility index (Phi) is 4.22. The van der Waals surface area contributed by atoms with Gasteiger partial charge < -0.3 is 9.73 Å². The number of hydrogen-bond donors (Lipinski definition) is 1. The molecule has 1 aromatic carbocycles. The Balaban J connectivity index is 1.69. The zero-order valence-corrected chi connectivity index (χ0v) is 14.7. The lowest BCUT2D eigenvalue weighted by atomic mass is 10.1. The van der Waals surface area contributed by atoms with Gasteiger partial charge in [0.15, 0.2) is 11.4 Å². The van der Waals surface area contributed by atoms with Gasteiger partial charge in [-0.3, -0.25) is 0 Å². The molecular formula is C20H14N4OS. The van der Waals surface area contributed by atoms with Crippen molar-refractivity contribution in [1.82, 2.24) is 9.97 Å². The zero-order valence-electron chi connectivity index (χ0n) is 13.9. The third kappa shape index (κ3) is 3.34. The maximum absolute atomic E-state index is 7.37. The van der Waals surface area contributed by atoms with Gasteiger partial charge in [-0.25, -0.2) is 14.8 Å². The first kappa shape index (κ1) is 16.1. The molecule has 3 aromatic heterocycles. The number of pyridine rings is 1. The number of anilines is 2. The van der Waals surface area contributed by atoms with Crippen LogP contribution < -0.4 is 5.32 Å². The molecule has 0 bridgehead atoms. The lowest BCUT2D eigenvalue weighted by Crippen LogP contribution is -1.93. The van der Waals surface area contributed by atoms with Crippen molar-refractivity contribution in [1.29, 1.82) is 0 Å². The smallest absolute Gasteiger partial charge is 0.227 e. The van der Waals surface area contributed by atoms with Crippen molar-refractivity contribution in [2.45, 2.75) is 6.92 Å². The Bertz CT molecular complexity index is 1090. The Morgan fingerprint density at radius 2 is 2.04 bits per heavy atom. The summed E-state index contributed by atoms with van der Waals surface area (Å²) in [6, 6.07) is 11.4. The van der Waals surface area contributed by atoms with Crippen LogP contribution in [0.1, 0.15) is 5.56 Å². The molecular weight excluding hydrogens is 344 g/mol. The van der Waals surface area contributed by atoms with Crippen LogP contribution in [0.5, 0.6) is 0 Å². The number of hydrogen-bond acceptors (Lipinski definition) is 5. The summed E-state index contributed by atoms with van der Waals surface area (Å²) in [5, 5.41) is 7.22. The van der Waals surface area contributed by atoms with E-state index in [2.05, 4.69) is 20.1 Å². The summed E-state index contributed by atoms with van der Waals surface area (Å²) < 4.78 is 5.89. The van der Waals surface area contributed by atoms with Gasteiger partial charge in [-0.15, -0.1) is 0 Å². The van der Waals surface area contributed by atoms with Crippen LogP contribution in [0, 0.1) is 13.5 Å². The monoisotopic (exact) mass is 358 g/mol. The fraction of sp³-hybridized carbons (Fsp3) is 0.0500. The normalized spacial score (nSPS) is 10.5. The van der Waals surface area contributed by atoms with E-state index in [9.17, 15) is 0 Å². The molecule has 4 rings (SSSR count). The SMILES string of the molecule is [C-]#[N+]c1cc(Nc2cc(C)ccn2)cc(-c2cnc(-c3ccsc3)o2)c1. The standard InChI is InChI=1S/C20H14N4OS/c1-13-3-5-22-19(7-13)24-17-9-15(8-16(10-17)21-2)18-11-23-20(25-18)14-4-6-26-12-14/h3-12H,1H3,(H,22,24). The van der Waals surface area contributed by atoms with E-state index in [1.165, 1.54) is 0 Å². The Morgan fingerprint density at radius 1 is 1.12 bits per heavy atom. The first-order chi connectivity index (χ1) is 12.7. The second kappa shape index (κ2) is 6.82. The van der Waals surface area contributed by atoms with E-state index in [4.69, 9.17) is 11.0 Å². The molecule has 0 unspecified atom stereocenters. The summed E-state index contributed by atoms with van der Waals surface area (Å²) in [4.78, 5) is 12.2. The van der Waals surface area contributed by atoms with Crippen molar-refractivity contribution in [2.75, 3.05) is 5.32 Å². The highest BCUT2D eigenvalue weighted by Gasteiger charge is 2.11. The predicted octanol–water partition coefficient (Wildman–Crippen LogP) is 6.07. The van der Waals surface area contributed by atoms with E-state index in [1.807, 2.05) is 41.9 Å². The van der Waals surface area contributed by atoms with Crippen molar-refractivity contribution in [3.8, 4) is 22.8 Å². The minimum atomic E-state index is 0.520. The highest BCUT2D eigenvalue weighted by molar-refractivity contribution is 7.08. The quantitative estimate of drug-likeness (QED) is 0.450. The Hall–Kier alpha value is -3.43. The summed E-state index contributed by atoms with van der Waals surface area (Å²) in [5.41, 5.74) is 4.15. The highest BCUT2D eigenvalue weighted by Crippen LogP contribution is 2.32. The minimum Gasteiger partial charge on any atom is -0.436 e. The summed E-state index contributed by atoms with van der Waals surface area (Å²) >= 11 is 1.59. The minimum absolute atomic E-state index is 0.520. The molecule has 26 heavy (non-hydrogen) atoms. The number of rotatable bonds is 4. The van der Waals surface area contributed by atoms with E-state index in [1.54, 1.807) is 35.9 Å². The van der Waals surface area contributed by atoms with Crippen LogP contribution in [-0.2, 0) is 0 Å². The predicted molar refractivity (Wildman–Crippen MR) is 104 cm³/mol. The van der Waals surface area contributed by atoms with Crippen LogP contribution in [0.25, 0.3) is 27.6 Å². The third-order valence-corrected chi connectivity index (χ3v) is 4.48. The molecule has 0 radical (unpaired) electrons. The molecule has 4 aromatic rings. The second-order valence-electron chi connectivity index (χ2n) is 5.77. The molecule has 0 atom stereocenters. The molecule has 6 heteroatoms. The van der Waals surface area contributed by atoms with Crippen molar-refractivity contribution in [3.05, 3.63) is 76.5 Å². The fourth-order valence-electron chi connectivity index (χ4n) is 2.57. The van der Waals surface area contributed by atoms with Gasteiger partial charge in [-0.2, -0.15) is 11.3 Å². The largest absolute Gasteiger partial charge is 0.436 e. The topological polar surface area (TPSA) is 55.3 Å². The van der Waals surface area contributed by atoms with Gasteiger partial charge in [0.25, 0.3) is 0 Å². The van der Waals surface area contributed by atoms with Crippen LogP contribution in [-0.4, -0.2) is 9.97 Å². The Labute approximate surface area is 154 Å². The molecule has 0 aliphatic heterocycles. The maximum Gasteiger partial charge on any atom is 0.227 e. The molecule has 0 fully saturated rings. The Morgan fingerprint density at radius 3 is 2.81 bits per heavy atom. The van der Waals surface area contributed by atoms with Gasteiger partial charge in [-0.05, 0) is 54.3 Å². The molecule has 0 aliphatic rings. The van der Waals surface area contributed by atoms with E-state index < -0.39 is 0 Å². The average Bonchev–Trinajstić information content (AvgIpc) is 3.33. The molecule has 0 saturated carbocycles. The summed E-state index contributed by atoms with van der Waals surface area (Å²) in [5.74, 6) is 1.93. The molecule has 126 valence electrons. The number of benzene rings is 1. The van der Waals surface area contributed by atoms with Crippen LogP contribution >= 0.6 is 11.3 Å². The molecule has 0 saturated heterocycles. The van der Waals surface area contributed by atoms with Crippen LogP contribution in [0.4, 0.5) is 17.2 Å². The van der Waals surface area contributed by atoms with Gasteiger partial charge in [0.1, 0.15) is 5.82 Å². The van der Waals surface area contributed by atoms with Gasteiger partial charge in [0.05, 0.1) is 12.8 Å². The second-order valence-corrected chi connectivity index (χ2v) is 6.55. The highest BCUT2D eigenvalue weighted by atomic mass is 32.1. The number of aryl methyl sites for hydroxylation is 1. The maximum atomic E-state index is 7.37. The van der Waals surface area contributed by atoms with E-state index in [-0.39, 0.29) is 0 Å². The van der Waals surface area contributed by atoms with Crippen molar-refractivity contribution < 1.29 is 4.42 Å². The van der Waals surface area contributed by atoms with E-state index in [0.717, 1.165) is 28.2 Å².